The van der Waals surface area contributed by atoms with Crippen LogP contribution in [0.1, 0.15) is 34.7 Å². The fraction of sp³-hybridized carbons (Fsp3) is 0.0870. The zero-order valence-electron chi connectivity index (χ0n) is 27.2. The van der Waals surface area contributed by atoms with Gasteiger partial charge in [-0.1, -0.05) is 91.5 Å². The molecular formula is C46H33N3+2. The van der Waals surface area contributed by atoms with Crippen LogP contribution in [-0.4, -0.2) is 4.40 Å². The summed E-state index contributed by atoms with van der Waals surface area (Å²) < 4.78 is 7.54. The summed E-state index contributed by atoms with van der Waals surface area (Å²) in [7, 11) is 0. The molecule has 49 heavy (non-hydrogen) atoms. The Balaban J connectivity index is 1.25. The Hall–Kier alpha value is -6.06. The third kappa shape index (κ3) is 3.52. The summed E-state index contributed by atoms with van der Waals surface area (Å²) in [5, 5.41) is 5.25. The second-order valence-corrected chi connectivity index (χ2v) is 13.9. The van der Waals surface area contributed by atoms with Crippen LogP contribution >= 0.6 is 0 Å². The van der Waals surface area contributed by atoms with E-state index < -0.39 is 0 Å². The van der Waals surface area contributed by atoms with Crippen molar-refractivity contribution in [3.63, 3.8) is 0 Å². The number of allylic oxidation sites excluding steroid dienone is 1. The summed E-state index contributed by atoms with van der Waals surface area (Å²) in [4.78, 5) is 0. The third-order valence-electron chi connectivity index (χ3n) is 11.4. The van der Waals surface area contributed by atoms with Crippen LogP contribution in [-0.2, 0) is 0 Å². The van der Waals surface area contributed by atoms with Crippen molar-refractivity contribution >= 4 is 38.1 Å². The van der Waals surface area contributed by atoms with Gasteiger partial charge in [0, 0.05) is 50.9 Å². The minimum absolute atomic E-state index is 0.0615. The van der Waals surface area contributed by atoms with Crippen molar-refractivity contribution in [3.05, 3.63) is 175 Å². The van der Waals surface area contributed by atoms with Crippen molar-refractivity contribution in [1.29, 1.82) is 0 Å². The molecule has 2 aliphatic rings. The molecule has 9 aromatic rings. The number of hydrogen-bond donors (Lipinski definition) is 0. The monoisotopic (exact) mass is 627 g/mol. The molecule has 0 amide bonds. The maximum atomic E-state index is 4.48. The van der Waals surface area contributed by atoms with Crippen molar-refractivity contribution < 1.29 is 9.13 Å². The van der Waals surface area contributed by atoms with E-state index in [1.807, 2.05) is 0 Å². The van der Waals surface area contributed by atoms with E-state index in [2.05, 4.69) is 179 Å². The van der Waals surface area contributed by atoms with Gasteiger partial charge in [0.25, 0.3) is 0 Å². The average molecular weight is 628 g/mol. The number of fused-ring (bicyclic) bond motifs is 12. The van der Waals surface area contributed by atoms with E-state index in [1.54, 1.807) is 0 Å². The van der Waals surface area contributed by atoms with Gasteiger partial charge in [-0.2, -0.15) is 9.13 Å². The molecule has 0 radical (unpaired) electrons. The van der Waals surface area contributed by atoms with Crippen LogP contribution in [0.15, 0.2) is 159 Å². The molecule has 4 aromatic heterocycles. The van der Waals surface area contributed by atoms with Gasteiger partial charge in [0.05, 0.1) is 27.7 Å². The summed E-state index contributed by atoms with van der Waals surface area (Å²) in [5.74, 6) is 0.129. The Bertz CT molecular complexity index is 2820. The summed E-state index contributed by atoms with van der Waals surface area (Å²) in [5.41, 5.74) is 15.4. The van der Waals surface area contributed by atoms with Gasteiger partial charge in [-0.3, -0.25) is 0 Å². The number of aryl methyl sites for hydroxylation is 1. The smallest absolute Gasteiger partial charge is 0.214 e. The van der Waals surface area contributed by atoms with Crippen LogP contribution in [0, 0.1) is 6.92 Å². The third-order valence-corrected chi connectivity index (χ3v) is 11.4. The first kappa shape index (κ1) is 26.9. The minimum Gasteiger partial charge on any atom is -0.308 e. The number of rotatable bonds is 3. The van der Waals surface area contributed by atoms with Gasteiger partial charge in [0.1, 0.15) is 5.92 Å². The van der Waals surface area contributed by atoms with Gasteiger partial charge in [-0.15, -0.1) is 0 Å². The first-order chi connectivity index (χ1) is 24.2. The quantitative estimate of drug-likeness (QED) is 0.137. The molecule has 0 aliphatic carbocycles. The van der Waals surface area contributed by atoms with E-state index in [0.29, 0.717) is 0 Å². The predicted molar refractivity (Wildman–Crippen MR) is 199 cm³/mol. The molecule has 0 fully saturated rings. The fourth-order valence-corrected chi connectivity index (χ4v) is 9.35. The zero-order chi connectivity index (χ0) is 32.4. The average Bonchev–Trinajstić information content (AvgIpc) is 3.78. The van der Waals surface area contributed by atoms with Crippen LogP contribution in [0.25, 0.3) is 71.7 Å². The van der Waals surface area contributed by atoms with Crippen LogP contribution in [0.4, 0.5) is 0 Å². The first-order valence-corrected chi connectivity index (χ1v) is 17.2. The van der Waals surface area contributed by atoms with E-state index in [4.69, 9.17) is 0 Å². The van der Waals surface area contributed by atoms with Gasteiger partial charge < -0.3 is 4.40 Å². The lowest BCUT2D eigenvalue weighted by Gasteiger charge is -2.31. The highest BCUT2D eigenvalue weighted by atomic mass is 15.1. The Morgan fingerprint density at radius 2 is 1.37 bits per heavy atom. The maximum absolute atomic E-state index is 4.48. The highest BCUT2D eigenvalue weighted by Crippen LogP contribution is 2.51. The van der Waals surface area contributed by atoms with Crippen molar-refractivity contribution in [1.82, 2.24) is 4.40 Å². The minimum atomic E-state index is 0.0615. The molecule has 5 aromatic carbocycles. The van der Waals surface area contributed by atoms with Crippen molar-refractivity contribution in [2.75, 3.05) is 0 Å². The fourth-order valence-electron chi connectivity index (χ4n) is 9.35. The second kappa shape index (κ2) is 9.74. The van der Waals surface area contributed by atoms with E-state index >= 15 is 0 Å². The Kier molecular flexibility index (Phi) is 5.36. The molecule has 0 bridgehead atoms. The molecule has 0 spiro atoms. The number of para-hydroxylation sites is 2. The molecule has 0 saturated carbocycles. The van der Waals surface area contributed by atoms with Crippen molar-refractivity contribution in [2.45, 2.75) is 24.9 Å². The SMILES string of the molecule is C=CC1C(C2c3cc4c(cc3-c3cc(-c5ccccc5)cc[n+]32)c2cccc3c5ccccc5n4c32)c2ccccc2-c2ccc(C)c[n+]21. The molecule has 11 rings (SSSR count). The van der Waals surface area contributed by atoms with E-state index in [9.17, 15) is 0 Å². The van der Waals surface area contributed by atoms with E-state index in [1.165, 1.54) is 88.4 Å². The lowest BCUT2D eigenvalue weighted by Crippen LogP contribution is -2.52. The Morgan fingerprint density at radius 3 is 2.24 bits per heavy atom. The lowest BCUT2D eigenvalue weighted by atomic mass is 9.76. The van der Waals surface area contributed by atoms with Gasteiger partial charge in [0.15, 0.2) is 24.5 Å². The van der Waals surface area contributed by atoms with Gasteiger partial charge in [-0.05, 0) is 60.0 Å². The lowest BCUT2D eigenvalue weighted by molar-refractivity contribution is -0.739. The maximum Gasteiger partial charge on any atom is 0.214 e. The Morgan fingerprint density at radius 1 is 0.592 bits per heavy atom. The molecule has 3 heteroatoms. The first-order valence-electron chi connectivity index (χ1n) is 17.2. The van der Waals surface area contributed by atoms with Gasteiger partial charge in [0.2, 0.25) is 11.4 Å². The van der Waals surface area contributed by atoms with Gasteiger partial charge in [-0.25, -0.2) is 0 Å². The van der Waals surface area contributed by atoms with Crippen molar-refractivity contribution in [3.8, 4) is 33.6 Å². The highest BCUT2D eigenvalue weighted by Gasteiger charge is 2.52. The normalized spacial score (nSPS) is 17.8. The molecule has 6 heterocycles. The molecule has 0 N–H and O–H groups in total. The molecule has 3 atom stereocenters. The molecule has 3 unspecified atom stereocenters. The Labute approximate surface area is 284 Å². The predicted octanol–water partition coefficient (Wildman–Crippen LogP) is 10.1. The summed E-state index contributed by atoms with van der Waals surface area (Å²) in [6.07, 6.45) is 6.82. The van der Waals surface area contributed by atoms with Crippen molar-refractivity contribution in [2.24, 2.45) is 0 Å². The number of aromatic nitrogens is 3. The largest absolute Gasteiger partial charge is 0.308 e. The molecule has 0 saturated heterocycles. The standard InChI is InChI=1S/C46H33N3/c1-3-39-44(33-16-8-7-14-31(33)40-21-20-28(2)27-48(39)40)46-38-26-43-36(35-18-11-17-34-32-15-9-10-19-41(32)49(43)45(34)35)25-37(38)42-24-30(22-23-47(42)46)29-12-5-4-6-13-29/h3-27,39,44,46H,1H2,2H3/q+2. The molecule has 230 valence electrons. The molecule has 2 aliphatic heterocycles. The summed E-state index contributed by atoms with van der Waals surface area (Å²) in [6, 6.07) is 49.8. The topological polar surface area (TPSA) is 12.2 Å². The summed E-state index contributed by atoms with van der Waals surface area (Å²) in [6.45, 7) is 6.66. The molecular weight excluding hydrogens is 595 g/mol. The number of nitrogens with zero attached hydrogens (tertiary/aromatic N) is 3. The van der Waals surface area contributed by atoms with E-state index in [-0.39, 0.29) is 18.0 Å². The van der Waals surface area contributed by atoms with Crippen LogP contribution in [0.3, 0.4) is 0 Å². The molecule has 3 nitrogen and oxygen atoms in total. The van der Waals surface area contributed by atoms with Crippen LogP contribution < -0.4 is 9.13 Å². The summed E-state index contributed by atoms with van der Waals surface area (Å²) >= 11 is 0. The number of benzene rings is 5. The highest BCUT2D eigenvalue weighted by molar-refractivity contribution is 6.23. The number of hydrogen-bond acceptors (Lipinski definition) is 0. The van der Waals surface area contributed by atoms with Crippen LogP contribution in [0.5, 0.6) is 0 Å². The van der Waals surface area contributed by atoms with Crippen LogP contribution in [0.2, 0.25) is 0 Å². The zero-order valence-corrected chi connectivity index (χ0v) is 27.2. The number of pyridine rings is 2. The van der Waals surface area contributed by atoms with E-state index in [0.717, 1.165) is 0 Å². The second-order valence-electron chi connectivity index (χ2n) is 13.9. The van der Waals surface area contributed by atoms with Gasteiger partial charge >= 0.3 is 0 Å².